The van der Waals surface area contributed by atoms with E-state index in [9.17, 15) is 0 Å². The van der Waals surface area contributed by atoms with Gasteiger partial charge in [0, 0.05) is 17.8 Å². The minimum absolute atomic E-state index is 0.519. The van der Waals surface area contributed by atoms with Crippen LogP contribution in [0.5, 0.6) is 0 Å². The monoisotopic (exact) mass is 406 g/mol. The average molecular weight is 406 g/mol. The lowest BCUT2D eigenvalue weighted by Gasteiger charge is -2.09. The Morgan fingerprint density at radius 3 is 2.68 bits per heavy atom. The molecule has 0 aliphatic heterocycles. The van der Waals surface area contributed by atoms with Gasteiger partial charge in [-0.05, 0) is 40.9 Å². The van der Waals surface area contributed by atoms with Crippen LogP contribution in [0.25, 0.3) is 50.2 Å². The molecule has 0 aliphatic carbocycles. The van der Waals surface area contributed by atoms with Gasteiger partial charge in [-0.1, -0.05) is 56.3 Å². The summed E-state index contributed by atoms with van der Waals surface area (Å²) in [6.45, 7) is 3.75. The molecule has 0 radical (unpaired) electrons. The van der Waals surface area contributed by atoms with Gasteiger partial charge >= 0.3 is 0 Å². The Morgan fingerprint density at radius 1 is 0.968 bits per heavy atom. The number of imidazole rings is 1. The van der Waals surface area contributed by atoms with Crippen molar-refractivity contribution < 1.29 is 5.79 Å². The van der Waals surface area contributed by atoms with Crippen LogP contribution >= 0.6 is 0 Å². The summed E-state index contributed by atoms with van der Waals surface area (Å²) in [5.74, 6) is 0.00219. The van der Waals surface area contributed by atoms with E-state index in [0.29, 0.717) is 11.5 Å². The van der Waals surface area contributed by atoms with Gasteiger partial charge in [-0.15, -0.1) is 10.2 Å². The molecule has 0 amide bonds. The van der Waals surface area contributed by atoms with Crippen LogP contribution in [0.2, 0.25) is 0 Å². The molecule has 3 heterocycles. The maximum absolute atomic E-state index is 8.37. The molecule has 31 heavy (non-hydrogen) atoms. The van der Waals surface area contributed by atoms with Crippen LogP contribution in [0, 0.1) is 0 Å². The highest BCUT2D eigenvalue weighted by Gasteiger charge is 2.20. The summed E-state index contributed by atoms with van der Waals surface area (Å²) in [6.07, 6.45) is 1.67. The Labute approximate surface area is 179 Å². The Bertz CT molecular complexity index is 1610. The molecule has 0 aliphatic rings. The van der Waals surface area contributed by atoms with Gasteiger partial charge in [-0.2, -0.15) is 0 Å². The number of benzene rings is 3. The van der Waals surface area contributed by atoms with Gasteiger partial charge in [-0.25, -0.2) is 4.98 Å². The summed E-state index contributed by atoms with van der Waals surface area (Å²) < 4.78 is 16.8. The number of hydrogen-bond donors (Lipinski definition) is 0. The number of rotatable bonds is 3. The van der Waals surface area contributed by atoms with Gasteiger partial charge in [0.2, 0.25) is 5.65 Å². The van der Waals surface area contributed by atoms with E-state index in [0.717, 1.165) is 44.3 Å². The standard InChI is InChI=1S/C25H19N5O/c1-15(2)16-11-12-18-19-9-6-10-20(23(19)31-22(18)13-16)25-27-24-21(14-26-29-28-24)30(25)17-7-4-3-5-8-17/h3-15H,1-2H3/i15D. The molecule has 3 aromatic carbocycles. The van der Waals surface area contributed by atoms with Gasteiger partial charge in [0.15, 0.2) is 5.82 Å². The van der Waals surface area contributed by atoms with Crippen LogP contribution in [0.15, 0.2) is 77.3 Å². The second-order valence-corrected chi connectivity index (χ2v) is 7.74. The average Bonchev–Trinajstić information content (AvgIpc) is 3.37. The molecule has 6 rings (SSSR count). The number of nitrogens with zero attached hydrogens (tertiary/aromatic N) is 5. The van der Waals surface area contributed by atoms with E-state index < -0.39 is 5.89 Å². The Kier molecular flexibility index (Phi) is 3.63. The third-order valence-corrected chi connectivity index (χ3v) is 5.60. The van der Waals surface area contributed by atoms with Gasteiger partial charge in [0.1, 0.15) is 16.7 Å². The van der Waals surface area contributed by atoms with Crippen molar-refractivity contribution in [3.63, 3.8) is 0 Å². The molecule has 3 aromatic heterocycles. The maximum atomic E-state index is 8.37. The van der Waals surface area contributed by atoms with Gasteiger partial charge in [0.25, 0.3) is 0 Å². The molecule has 6 aromatic rings. The third-order valence-electron chi connectivity index (χ3n) is 5.60. The zero-order chi connectivity index (χ0) is 21.9. The zero-order valence-corrected chi connectivity index (χ0v) is 17.1. The normalized spacial score (nSPS) is 12.6. The first-order valence-corrected chi connectivity index (χ1v) is 10.1. The van der Waals surface area contributed by atoms with Gasteiger partial charge in [-0.3, -0.25) is 4.57 Å². The summed E-state index contributed by atoms with van der Waals surface area (Å²) in [4.78, 5) is 4.80. The van der Waals surface area contributed by atoms with Gasteiger partial charge < -0.3 is 4.42 Å². The number of fused-ring (bicyclic) bond motifs is 4. The van der Waals surface area contributed by atoms with E-state index in [1.807, 2.05) is 85.1 Å². The van der Waals surface area contributed by atoms with E-state index in [1.165, 1.54) is 0 Å². The van der Waals surface area contributed by atoms with E-state index in [-0.39, 0.29) is 0 Å². The molecule has 6 nitrogen and oxygen atoms in total. The number of para-hydroxylation sites is 2. The van der Waals surface area contributed by atoms with E-state index >= 15 is 0 Å². The molecular weight excluding hydrogens is 386 g/mol. The molecule has 0 saturated heterocycles. The summed E-state index contributed by atoms with van der Waals surface area (Å²) in [5.41, 5.74) is 5.50. The molecule has 0 fully saturated rings. The lowest BCUT2D eigenvalue weighted by molar-refractivity contribution is 0.667. The first-order valence-electron chi connectivity index (χ1n) is 10.6. The lowest BCUT2D eigenvalue weighted by atomic mass is 10.0. The van der Waals surface area contributed by atoms with Crippen molar-refractivity contribution in [1.82, 2.24) is 25.0 Å². The molecule has 0 unspecified atom stereocenters. The predicted molar refractivity (Wildman–Crippen MR) is 121 cm³/mol. The summed E-state index contributed by atoms with van der Waals surface area (Å²) >= 11 is 0. The van der Waals surface area contributed by atoms with E-state index in [2.05, 4.69) is 15.4 Å². The zero-order valence-electron chi connectivity index (χ0n) is 18.1. The highest BCUT2D eigenvalue weighted by atomic mass is 16.3. The van der Waals surface area contributed by atoms with Crippen molar-refractivity contribution in [3.8, 4) is 17.1 Å². The molecule has 0 spiro atoms. The SMILES string of the molecule is [2H]C(C)(C)c1ccc2c(c1)oc1c(-c3nc4nnncc4n3-c3ccccc3)cccc12. The van der Waals surface area contributed by atoms with Crippen LogP contribution in [-0.2, 0) is 0 Å². The fraction of sp³-hybridized carbons (Fsp3) is 0.120. The highest BCUT2D eigenvalue weighted by Crippen LogP contribution is 2.38. The third kappa shape index (κ3) is 2.72. The molecule has 0 N–H and O–H groups in total. The second-order valence-electron chi connectivity index (χ2n) is 7.74. The Morgan fingerprint density at radius 2 is 1.84 bits per heavy atom. The highest BCUT2D eigenvalue weighted by molar-refractivity contribution is 6.09. The Hall–Kier alpha value is -4.06. The molecule has 0 bridgehead atoms. The maximum Gasteiger partial charge on any atom is 0.204 e. The van der Waals surface area contributed by atoms with Crippen molar-refractivity contribution in [2.75, 3.05) is 0 Å². The minimum Gasteiger partial charge on any atom is -0.455 e. The van der Waals surface area contributed by atoms with Crippen LogP contribution in [0.3, 0.4) is 0 Å². The van der Waals surface area contributed by atoms with Gasteiger partial charge in [0.05, 0.1) is 11.8 Å². The van der Waals surface area contributed by atoms with Crippen molar-refractivity contribution in [2.24, 2.45) is 0 Å². The largest absolute Gasteiger partial charge is 0.455 e. The molecule has 6 heteroatoms. The lowest BCUT2D eigenvalue weighted by Crippen LogP contribution is -1.98. The minimum atomic E-state index is -0.705. The fourth-order valence-corrected chi connectivity index (χ4v) is 4.06. The predicted octanol–water partition coefficient (Wildman–Crippen LogP) is 5.90. The van der Waals surface area contributed by atoms with Crippen molar-refractivity contribution >= 4 is 33.1 Å². The summed E-state index contributed by atoms with van der Waals surface area (Å²) in [7, 11) is 0. The smallest absolute Gasteiger partial charge is 0.204 e. The van der Waals surface area contributed by atoms with Crippen LogP contribution in [0.1, 0.15) is 26.7 Å². The number of furan rings is 1. The second kappa shape index (κ2) is 6.74. The van der Waals surface area contributed by atoms with Crippen molar-refractivity contribution in [2.45, 2.75) is 19.7 Å². The fourth-order valence-electron chi connectivity index (χ4n) is 4.06. The first-order chi connectivity index (χ1) is 15.5. The summed E-state index contributed by atoms with van der Waals surface area (Å²) in [5, 5.41) is 13.9. The summed E-state index contributed by atoms with van der Waals surface area (Å²) in [6, 6.07) is 22.0. The van der Waals surface area contributed by atoms with Crippen molar-refractivity contribution in [1.29, 1.82) is 0 Å². The van der Waals surface area contributed by atoms with E-state index in [4.69, 9.17) is 10.8 Å². The van der Waals surface area contributed by atoms with Crippen LogP contribution in [0.4, 0.5) is 0 Å². The number of hydrogen-bond acceptors (Lipinski definition) is 5. The van der Waals surface area contributed by atoms with Crippen molar-refractivity contribution in [3.05, 3.63) is 78.5 Å². The number of aromatic nitrogens is 5. The van der Waals surface area contributed by atoms with Crippen LogP contribution in [-0.4, -0.2) is 25.0 Å². The quantitative estimate of drug-likeness (QED) is 0.366. The topological polar surface area (TPSA) is 69.6 Å². The van der Waals surface area contributed by atoms with E-state index in [1.54, 1.807) is 6.20 Å². The molecule has 150 valence electrons. The first kappa shape index (κ1) is 16.7. The Balaban J connectivity index is 1.67. The molecule has 0 atom stereocenters. The molecular formula is C25H19N5O. The molecule has 0 saturated carbocycles. The van der Waals surface area contributed by atoms with Crippen LogP contribution < -0.4 is 0 Å².